The molecule has 0 bridgehead atoms. The molecule has 7 heteroatoms. The summed E-state index contributed by atoms with van der Waals surface area (Å²) in [5.41, 5.74) is 3.07. The third kappa shape index (κ3) is 6.17. The largest absolute Gasteiger partial charge is 0.469 e. The number of carbonyl (C=O) groups is 2. The van der Waals surface area contributed by atoms with Gasteiger partial charge < -0.3 is 19.0 Å². The zero-order valence-electron chi connectivity index (χ0n) is 22.1. The minimum absolute atomic E-state index is 0.0257. The maximum atomic E-state index is 13.3. The lowest BCUT2D eigenvalue weighted by Gasteiger charge is -2.40. The molecule has 0 radical (unpaired) electrons. The van der Waals surface area contributed by atoms with Gasteiger partial charge in [0.2, 0.25) is 5.91 Å². The number of amides is 2. The summed E-state index contributed by atoms with van der Waals surface area (Å²) in [5.74, 6) is 0.591. The Morgan fingerprint density at radius 3 is 2.16 bits per heavy atom. The van der Waals surface area contributed by atoms with Gasteiger partial charge in [-0.25, -0.2) is 0 Å². The van der Waals surface area contributed by atoms with Gasteiger partial charge in [-0.3, -0.25) is 14.5 Å². The lowest BCUT2D eigenvalue weighted by Crippen LogP contribution is -2.50. The zero-order valence-corrected chi connectivity index (χ0v) is 22.1. The van der Waals surface area contributed by atoms with E-state index >= 15 is 0 Å². The van der Waals surface area contributed by atoms with Gasteiger partial charge in [-0.05, 0) is 37.0 Å². The van der Waals surface area contributed by atoms with Crippen LogP contribution in [0.4, 0.5) is 0 Å². The van der Waals surface area contributed by atoms with Crippen LogP contribution in [0.1, 0.15) is 52.5 Å². The molecule has 2 aliphatic heterocycles. The summed E-state index contributed by atoms with van der Waals surface area (Å²) in [6, 6.07) is 23.0. The molecule has 5 rings (SSSR count). The first-order valence-corrected chi connectivity index (χ1v) is 13.7. The van der Waals surface area contributed by atoms with Crippen molar-refractivity contribution < 1.29 is 18.7 Å². The van der Waals surface area contributed by atoms with E-state index in [0.717, 1.165) is 32.5 Å². The second kappa shape index (κ2) is 12.4. The monoisotopic (exact) mass is 515 g/mol. The van der Waals surface area contributed by atoms with Gasteiger partial charge in [0, 0.05) is 52.3 Å². The van der Waals surface area contributed by atoms with Crippen molar-refractivity contribution in [2.75, 3.05) is 45.9 Å². The van der Waals surface area contributed by atoms with E-state index in [4.69, 9.17) is 9.15 Å². The van der Waals surface area contributed by atoms with E-state index in [0.29, 0.717) is 43.9 Å². The van der Waals surface area contributed by atoms with Crippen LogP contribution < -0.4 is 0 Å². The molecule has 2 aliphatic rings. The molecule has 1 atom stereocenters. The fourth-order valence-corrected chi connectivity index (χ4v) is 5.59. The summed E-state index contributed by atoms with van der Waals surface area (Å²) < 4.78 is 11.2. The van der Waals surface area contributed by atoms with Crippen molar-refractivity contribution in [3.05, 3.63) is 95.4 Å². The zero-order chi connectivity index (χ0) is 26.3. The summed E-state index contributed by atoms with van der Waals surface area (Å²) in [5, 5.41) is 0. The molecule has 1 aromatic heterocycles. The molecule has 2 amide bonds. The molecular formula is C31H37N3O4. The Balaban J connectivity index is 1.20. The van der Waals surface area contributed by atoms with Gasteiger partial charge in [-0.1, -0.05) is 60.7 Å². The highest BCUT2D eigenvalue weighted by molar-refractivity contribution is 5.95. The van der Waals surface area contributed by atoms with Gasteiger partial charge in [0.05, 0.1) is 24.0 Å². The van der Waals surface area contributed by atoms with Crippen LogP contribution in [-0.4, -0.2) is 78.5 Å². The van der Waals surface area contributed by atoms with Crippen molar-refractivity contribution in [3.63, 3.8) is 0 Å². The number of hydrogen-bond acceptors (Lipinski definition) is 5. The summed E-state index contributed by atoms with van der Waals surface area (Å²) in [6.45, 7) is 6.35. The molecule has 1 unspecified atom stereocenters. The van der Waals surface area contributed by atoms with Crippen molar-refractivity contribution in [2.24, 2.45) is 0 Å². The fraction of sp³-hybridized carbons (Fsp3) is 0.419. The van der Waals surface area contributed by atoms with Crippen LogP contribution in [0.15, 0.2) is 77.4 Å². The molecule has 2 aromatic carbocycles. The number of piperazine rings is 1. The quantitative estimate of drug-likeness (QED) is 0.419. The Morgan fingerprint density at radius 1 is 0.947 bits per heavy atom. The van der Waals surface area contributed by atoms with E-state index in [-0.39, 0.29) is 24.0 Å². The minimum atomic E-state index is -0.0991. The predicted octanol–water partition coefficient (Wildman–Crippen LogP) is 4.53. The maximum absolute atomic E-state index is 13.3. The Bertz CT molecular complexity index is 1140. The highest BCUT2D eigenvalue weighted by atomic mass is 16.5. The first-order chi connectivity index (χ1) is 18.6. The smallest absolute Gasteiger partial charge is 0.257 e. The number of aryl methyl sites for hydroxylation is 1. The average molecular weight is 516 g/mol. The predicted molar refractivity (Wildman–Crippen MR) is 146 cm³/mol. The normalized spacial score (nSPS) is 18.2. The number of benzene rings is 2. The molecule has 0 saturated carbocycles. The van der Waals surface area contributed by atoms with E-state index in [2.05, 4.69) is 53.4 Å². The highest BCUT2D eigenvalue weighted by Crippen LogP contribution is 2.29. The summed E-state index contributed by atoms with van der Waals surface area (Å²) >= 11 is 0. The van der Waals surface area contributed by atoms with Gasteiger partial charge in [0.1, 0.15) is 5.76 Å². The number of carbonyl (C=O) groups excluding carboxylic acids is 2. The van der Waals surface area contributed by atoms with E-state index in [1.54, 1.807) is 17.9 Å². The molecule has 2 fully saturated rings. The van der Waals surface area contributed by atoms with E-state index in [9.17, 15) is 9.59 Å². The van der Waals surface area contributed by atoms with Gasteiger partial charge >= 0.3 is 0 Å². The van der Waals surface area contributed by atoms with Crippen molar-refractivity contribution in [3.8, 4) is 0 Å². The van der Waals surface area contributed by atoms with Crippen LogP contribution in [-0.2, 0) is 9.53 Å². The average Bonchev–Trinajstić information content (AvgIpc) is 3.64. The summed E-state index contributed by atoms with van der Waals surface area (Å²) in [4.78, 5) is 32.7. The summed E-state index contributed by atoms with van der Waals surface area (Å²) in [6.07, 6.45) is 3.81. The van der Waals surface area contributed by atoms with Crippen molar-refractivity contribution in [1.29, 1.82) is 0 Å². The molecule has 3 heterocycles. The van der Waals surface area contributed by atoms with Gasteiger partial charge in [0.25, 0.3) is 5.91 Å². The molecule has 0 spiro atoms. The molecule has 7 nitrogen and oxygen atoms in total. The fourth-order valence-electron chi connectivity index (χ4n) is 5.59. The first kappa shape index (κ1) is 26.2. The highest BCUT2D eigenvalue weighted by Gasteiger charge is 2.30. The Morgan fingerprint density at radius 2 is 1.61 bits per heavy atom. The third-order valence-electron chi connectivity index (χ3n) is 7.68. The van der Waals surface area contributed by atoms with Crippen LogP contribution in [0.3, 0.4) is 0 Å². The number of rotatable bonds is 9. The SMILES string of the molecule is Cc1occc1C(=O)N(CCC(=O)N1CCN(C(c2ccccc2)c2ccccc2)CC1)CC1CCCO1. The number of nitrogens with zero attached hydrogens (tertiary/aromatic N) is 3. The van der Waals surface area contributed by atoms with Crippen LogP contribution in [0.2, 0.25) is 0 Å². The lowest BCUT2D eigenvalue weighted by molar-refractivity contribution is -0.133. The second-order valence-electron chi connectivity index (χ2n) is 10.2. The Labute approximate surface area is 225 Å². The van der Waals surface area contributed by atoms with Crippen LogP contribution in [0.5, 0.6) is 0 Å². The summed E-state index contributed by atoms with van der Waals surface area (Å²) in [7, 11) is 0. The maximum Gasteiger partial charge on any atom is 0.257 e. The number of furan rings is 1. The van der Waals surface area contributed by atoms with Crippen LogP contribution in [0.25, 0.3) is 0 Å². The molecule has 3 aromatic rings. The van der Waals surface area contributed by atoms with E-state index in [1.807, 2.05) is 17.0 Å². The standard InChI is InChI=1S/C31H37N3O4/c1-24-28(15-22-37-24)31(36)34(23-27-13-8-21-38-27)16-14-29(35)32-17-19-33(20-18-32)30(25-9-4-2-5-10-25)26-11-6-3-7-12-26/h2-7,9-12,15,22,27,30H,8,13-14,16-21,23H2,1H3. The van der Waals surface area contributed by atoms with Gasteiger partial charge in [0.15, 0.2) is 0 Å². The third-order valence-corrected chi connectivity index (χ3v) is 7.68. The molecule has 0 N–H and O–H groups in total. The molecule has 2 saturated heterocycles. The van der Waals surface area contributed by atoms with E-state index in [1.165, 1.54) is 17.4 Å². The molecule has 200 valence electrons. The van der Waals surface area contributed by atoms with Crippen LogP contribution in [0, 0.1) is 6.92 Å². The minimum Gasteiger partial charge on any atom is -0.469 e. The van der Waals surface area contributed by atoms with Gasteiger partial charge in [-0.2, -0.15) is 0 Å². The molecular weight excluding hydrogens is 478 g/mol. The van der Waals surface area contributed by atoms with Gasteiger partial charge in [-0.15, -0.1) is 0 Å². The molecule has 0 aliphatic carbocycles. The van der Waals surface area contributed by atoms with Crippen molar-refractivity contribution >= 4 is 11.8 Å². The number of hydrogen-bond donors (Lipinski definition) is 0. The Hall–Kier alpha value is -3.42. The van der Waals surface area contributed by atoms with Crippen molar-refractivity contribution in [1.82, 2.24) is 14.7 Å². The first-order valence-electron chi connectivity index (χ1n) is 13.7. The van der Waals surface area contributed by atoms with Crippen LogP contribution >= 0.6 is 0 Å². The number of ether oxygens (including phenoxy) is 1. The molecule has 38 heavy (non-hydrogen) atoms. The lowest BCUT2D eigenvalue weighted by atomic mass is 9.96. The second-order valence-corrected chi connectivity index (χ2v) is 10.2. The Kier molecular flexibility index (Phi) is 8.56. The van der Waals surface area contributed by atoms with Crippen molar-refractivity contribution in [2.45, 2.75) is 38.3 Å². The topological polar surface area (TPSA) is 66.2 Å². The van der Waals surface area contributed by atoms with E-state index < -0.39 is 0 Å².